The van der Waals surface area contributed by atoms with Gasteiger partial charge in [-0.25, -0.2) is 0 Å². The highest BCUT2D eigenvalue weighted by Gasteiger charge is 2.44. The molecular formula is C30H32F3N3O2. The molecule has 0 bridgehead atoms. The van der Waals surface area contributed by atoms with E-state index in [-0.39, 0.29) is 24.0 Å². The highest BCUT2D eigenvalue weighted by atomic mass is 19.4. The zero-order valence-electron chi connectivity index (χ0n) is 21.2. The van der Waals surface area contributed by atoms with Gasteiger partial charge in [0.15, 0.2) is 0 Å². The predicted molar refractivity (Wildman–Crippen MR) is 141 cm³/mol. The van der Waals surface area contributed by atoms with Crippen LogP contribution in [-0.4, -0.2) is 36.5 Å². The summed E-state index contributed by atoms with van der Waals surface area (Å²) >= 11 is 0. The number of aryl methyl sites for hydroxylation is 1. The van der Waals surface area contributed by atoms with Crippen molar-refractivity contribution in [1.82, 2.24) is 4.90 Å². The van der Waals surface area contributed by atoms with Crippen molar-refractivity contribution in [2.45, 2.75) is 44.2 Å². The number of hydrogen-bond donors (Lipinski definition) is 2. The quantitative estimate of drug-likeness (QED) is 0.409. The average molecular weight is 524 g/mol. The van der Waals surface area contributed by atoms with Crippen LogP contribution in [0.4, 0.5) is 18.9 Å². The number of carbonyl (C=O) groups is 1. The lowest BCUT2D eigenvalue weighted by Gasteiger charge is -2.46. The standard InChI is InChI=1S/C30H32F3N3O2/c1-19-6-5-9-21(16-19)29(37)36(15-14-34)18-23-11-12-24-27(20-7-3-2-4-8-20)35-26-13-10-22(30(31,32)33)17-25(26)28(24)38-23/h2-10,13,16-17,23-24,27-28,35H,11-12,14-15,18,34H2,1H3/t23-,24+,27+,28+/m1/s1. The second-order valence-electron chi connectivity index (χ2n) is 10.2. The molecule has 1 amide bonds. The molecule has 0 radical (unpaired) electrons. The van der Waals surface area contributed by atoms with Gasteiger partial charge in [0.1, 0.15) is 0 Å². The summed E-state index contributed by atoms with van der Waals surface area (Å²) in [7, 11) is 0. The smallest absolute Gasteiger partial charge is 0.378 e. The third kappa shape index (κ3) is 5.42. The van der Waals surface area contributed by atoms with Crippen molar-refractivity contribution in [3.8, 4) is 0 Å². The number of anilines is 1. The first-order valence-corrected chi connectivity index (χ1v) is 13.0. The van der Waals surface area contributed by atoms with Crippen LogP contribution in [0.2, 0.25) is 0 Å². The third-order valence-electron chi connectivity index (χ3n) is 7.51. The van der Waals surface area contributed by atoms with Gasteiger partial charge in [0.25, 0.3) is 5.91 Å². The summed E-state index contributed by atoms with van der Waals surface area (Å²) in [5.74, 6) is -0.183. The lowest BCUT2D eigenvalue weighted by atomic mass is 9.76. The molecule has 38 heavy (non-hydrogen) atoms. The zero-order valence-corrected chi connectivity index (χ0v) is 21.2. The van der Waals surface area contributed by atoms with Crippen LogP contribution in [0, 0.1) is 12.8 Å². The van der Waals surface area contributed by atoms with Crippen LogP contribution in [0.25, 0.3) is 0 Å². The Morgan fingerprint density at radius 1 is 1.05 bits per heavy atom. The first-order chi connectivity index (χ1) is 18.2. The van der Waals surface area contributed by atoms with Crippen LogP contribution < -0.4 is 11.1 Å². The molecule has 3 N–H and O–H groups in total. The van der Waals surface area contributed by atoms with E-state index in [2.05, 4.69) is 5.32 Å². The van der Waals surface area contributed by atoms with E-state index in [4.69, 9.17) is 10.5 Å². The molecule has 2 aliphatic heterocycles. The number of halogens is 3. The normalized spacial score (nSPS) is 22.7. The van der Waals surface area contributed by atoms with Crippen LogP contribution in [0.3, 0.4) is 0 Å². The molecule has 4 atom stereocenters. The average Bonchev–Trinajstić information content (AvgIpc) is 2.91. The second-order valence-corrected chi connectivity index (χ2v) is 10.2. The summed E-state index contributed by atoms with van der Waals surface area (Å²) in [6.07, 6.45) is -3.89. The van der Waals surface area contributed by atoms with Crippen LogP contribution in [-0.2, 0) is 10.9 Å². The molecule has 8 heteroatoms. The van der Waals surface area contributed by atoms with E-state index in [1.165, 1.54) is 12.1 Å². The molecule has 2 heterocycles. The monoisotopic (exact) mass is 523 g/mol. The second kappa shape index (κ2) is 10.8. The Morgan fingerprint density at radius 3 is 2.55 bits per heavy atom. The number of rotatable bonds is 6. The number of hydrogen-bond acceptors (Lipinski definition) is 4. The van der Waals surface area contributed by atoms with E-state index in [0.717, 1.165) is 23.6 Å². The minimum Gasteiger partial charge on any atom is -0.378 e. The largest absolute Gasteiger partial charge is 0.416 e. The third-order valence-corrected chi connectivity index (χ3v) is 7.51. The van der Waals surface area contributed by atoms with Gasteiger partial charge in [-0.1, -0.05) is 48.0 Å². The fourth-order valence-corrected chi connectivity index (χ4v) is 5.70. The van der Waals surface area contributed by atoms with Gasteiger partial charge in [0, 0.05) is 42.4 Å². The van der Waals surface area contributed by atoms with Gasteiger partial charge in [0.2, 0.25) is 0 Å². The van der Waals surface area contributed by atoms with Gasteiger partial charge < -0.3 is 20.7 Å². The van der Waals surface area contributed by atoms with Crippen molar-refractivity contribution in [3.05, 3.63) is 101 Å². The predicted octanol–water partition coefficient (Wildman–Crippen LogP) is 6.12. The Morgan fingerprint density at radius 2 is 1.84 bits per heavy atom. The van der Waals surface area contributed by atoms with Gasteiger partial charge in [-0.3, -0.25) is 4.79 Å². The zero-order chi connectivity index (χ0) is 26.9. The first-order valence-electron chi connectivity index (χ1n) is 13.0. The minimum absolute atomic E-state index is 0.0555. The first kappa shape index (κ1) is 26.3. The summed E-state index contributed by atoms with van der Waals surface area (Å²) in [5.41, 5.74) is 8.93. The lowest BCUT2D eigenvalue weighted by Crippen LogP contribution is -2.45. The summed E-state index contributed by atoms with van der Waals surface area (Å²) in [6, 6.07) is 21.0. The van der Waals surface area contributed by atoms with Gasteiger partial charge in [-0.15, -0.1) is 0 Å². The Kier molecular flexibility index (Phi) is 7.45. The number of ether oxygens (including phenoxy) is 1. The molecule has 200 valence electrons. The Hall–Kier alpha value is -3.36. The van der Waals surface area contributed by atoms with Crippen LogP contribution in [0.5, 0.6) is 0 Å². The number of alkyl halides is 3. The molecule has 2 aliphatic rings. The van der Waals surface area contributed by atoms with Crippen molar-refractivity contribution in [2.24, 2.45) is 11.7 Å². The summed E-state index contributed by atoms with van der Waals surface area (Å²) in [5, 5.41) is 3.48. The Bertz CT molecular complexity index is 1280. The molecule has 0 aromatic heterocycles. The number of carbonyl (C=O) groups excluding carboxylic acids is 1. The van der Waals surface area contributed by atoms with Gasteiger partial charge in [-0.2, -0.15) is 13.2 Å². The van der Waals surface area contributed by atoms with E-state index in [0.29, 0.717) is 42.9 Å². The number of nitrogens with two attached hydrogens (primary N) is 1. The topological polar surface area (TPSA) is 67.6 Å². The maximum absolute atomic E-state index is 13.6. The number of nitrogens with zero attached hydrogens (tertiary/aromatic N) is 1. The molecule has 1 saturated heterocycles. The fourth-order valence-electron chi connectivity index (χ4n) is 5.70. The molecular weight excluding hydrogens is 491 g/mol. The van der Waals surface area contributed by atoms with Crippen molar-refractivity contribution in [2.75, 3.05) is 25.0 Å². The molecule has 0 aliphatic carbocycles. The Labute approximate surface area is 220 Å². The number of fused-ring (bicyclic) bond motifs is 3. The molecule has 5 nitrogen and oxygen atoms in total. The lowest BCUT2D eigenvalue weighted by molar-refractivity contribution is -0.138. The van der Waals surface area contributed by atoms with Crippen LogP contribution >= 0.6 is 0 Å². The summed E-state index contributed by atoms with van der Waals surface area (Å²) < 4.78 is 47.4. The molecule has 0 saturated carbocycles. The molecule has 0 spiro atoms. The highest BCUT2D eigenvalue weighted by molar-refractivity contribution is 5.94. The SMILES string of the molecule is Cc1cccc(C(=O)N(CCN)C[C@H]2CC[C@@H]3[C@H](O2)c2cc(C(F)(F)F)ccc2N[C@H]3c2ccccc2)c1. The number of benzene rings is 3. The maximum Gasteiger partial charge on any atom is 0.416 e. The van der Waals surface area contributed by atoms with E-state index in [1.807, 2.05) is 55.5 Å². The minimum atomic E-state index is -4.45. The Balaban J connectivity index is 1.44. The molecule has 0 unspecified atom stereocenters. The van der Waals surface area contributed by atoms with Gasteiger partial charge in [0.05, 0.1) is 23.8 Å². The maximum atomic E-state index is 13.6. The van der Waals surface area contributed by atoms with E-state index in [9.17, 15) is 18.0 Å². The van der Waals surface area contributed by atoms with Crippen molar-refractivity contribution in [3.63, 3.8) is 0 Å². The van der Waals surface area contributed by atoms with E-state index >= 15 is 0 Å². The van der Waals surface area contributed by atoms with Crippen molar-refractivity contribution >= 4 is 11.6 Å². The highest BCUT2D eigenvalue weighted by Crippen LogP contribution is 2.51. The number of amides is 1. The van der Waals surface area contributed by atoms with Gasteiger partial charge in [-0.05, 0) is 55.7 Å². The molecule has 1 fully saturated rings. The molecule has 5 rings (SSSR count). The van der Waals surface area contributed by atoms with Crippen LogP contribution in [0.1, 0.15) is 57.6 Å². The van der Waals surface area contributed by atoms with Crippen molar-refractivity contribution < 1.29 is 22.7 Å². The molecule has 3 aromatic carbocycles. The fraction of sp³-hybridized carbons (Fsp3) is 0.367. The summed E-state index contributed by atoms with van der Waals surface area (Å²) in [4.78, 5) is 15.0. The van der Waals surface area contributed by atoms with E-state index < -0.39 is 17.8 Å². The van der Waals surface area contributed by atoms with Crippen LogP contribution in [0.15, 0.2) is 72.8 Å². The van der Waals surface area contributed by atoms with Crippen molar-refractivity contribution in [1.29, 1.82) is 0 Å². The number of nitrogens with one attached hydrogen (secondary N) is 1. The van der Waals surface area contributed by atoms with E-state index in [1.54, 1.807) is 11.0 Å². The van der Waals surface area contributed by atoms with Gasteiger partial charge >= 0.3 is 6.18 Å². The summed E-state index contributed by atoms with van der Waals surface area (Å²) in [6.45, 7) is 2.92. The molecule has 3 aromatic rings.